The number of carbonyl (C=O) groups is 1. The lowest BCUT2D eigenvalue weighted by atomic mass is 10.0. The van der Waals surface area contributed by atoms with E-state index in [2.05, 4.69) is 30.5 Å². The van der Waals surface area contributed by atoms with E-state index in [1.165, 1.54) is 11.4 Å². The summed E-state index contributed by atoms with van der Waals surface area (Å²) in [4.78, 5) is 24.4. The van der Waals surface area contributed by atoms with Crippen molar-refractivity contribution in [1.29, 1.82) is 0 Å². The summed E-state index contributed by atoms with van der Waals surface area (Å²) in [6.45, 7) is 5.63. The number of hydrogen-bond acceptors (Lipinski definition) is 3. The van der Waals surface area contributed by atoms with Gasteiger partial charge in [0.15, 0.2) is 0 Å². The van der Waals surface area contributed by atoms with Crippen LogP contribution in [-0.2, 0) is 4.79 Å². The molecule has 1 aromatic heterocycles. The van der Waals surface area contributed by atoms with Gasteiger partial charge in [0.1, 0.15) is 5.92 Å². The standard InChI is InChI=1S/C15H21N3O3/c1-10-3-4-11(2)17(10)12-5-7-16(8-6-12)15(19)13-9-14(13)18(20)21/h3-4,12-14H,5-9H2,1-2H3/t13-,14+/m0/s1. The van der Waals surface area contributed by atoms with Crippen molar-refractivity contribution in [1.82, 2.24) is 9.47 Å². The van der Waals surface area contributed by atoms with E-state index in [-0.39, 0.29) is 16.7 Å². The third kappa shape index (κ3) is 2.54. The number of nitro groups is 1. The molecule has 6 heteroatoms. The van der Waals surface area contributed by atoms with Crippen LogP contribution in [0, 0.1) is 29.9 Å². The van der Waals surface area contributed by atoms with Crippen molar-refractivity contribution in [2.24, 2.45) is 5.92 Å². The molecule has 21 heavy (non-hydrogen) atoms. The molecule has 1 aliphatic carbocycles. The molecule has 0 aromatic carbocycles. The van der Waals surface area contributed by atoms with E-state index in [9.17, 15) is 14.9 Å². The van der Waals surface area contributed by atoms with Crippen molar-refractivity contribution in [2.75, 3.05) is 13.1 Å². The first-order valence-electron chi connectivity index (χ1n) is 7.55. The van der Waals surface area contributed by atoms with E-state index < -0.39 is 6.04 Å². The SMILES string of the molecule is Cc1ccc(C)n1C1CCN(C(=O)[C@H]2C[C@H]2[N+](=O)[O-])CC1. The summed E-state index contributed by atoms with van der Waals surface area (Å²) in [7, 11) is 0. The Morgan fingerprint density at radius 2 is 1.81 bits per heavy atom. The maximum atomic E-state index is 12.2. The van der Waals surface area contributed by atoms with Crippen LogP contribution in [0.4, 0.5) is 0 Å². The molecule has 0 spiro atoms. The predicted molar refractivity (Wildman–Crippen MR) is 77.6 cm³/mol. The van der Waals surface area contributed by atoms with Crippen molar-refractivity contribution in [3.05, 3.63) is 33.6 Å². The normalized spacial score (nSPS) is 25.9. The van der Waals surface area contributed by atoms with Gasteiger partial charge in [-0.25, -0.2) is 0 Å². The van der Waals surface area contributed by atoms with Crippen LogP contribution in [0.3, 0.4) is 0 Å². The van der Waals surface area contributed by atoms with Gasteiger partial charge in [-0.2, -0.15) is 0 Å². The average molecular weight is 291 g/mol. The largest absolute Gasteiger partial charge is 0.346 e. The van der Waals surface area contributed by atoms with Gasteiger partial charge in [0, 0.05) is 41.9 Å². The fourth-order valence-corrected chi connectivity index (χ4v) is 3.51. The highest BCUT2D eigenvalue weighted by Gasteiger charge is 2.54. The Hall–Kier alpha value is -1.85. The van der Waals surface area contributed by atoms with Crippen molar-refractivity contribution in [3.8, 4) is 0 Å². The predicted octanol–water partition coefficient (Wildman–Crippen LogP) is 1.93. The van der Waals surface area contributed by atoms with Crippen LogP contribution in [0.5, 0.6) is 0 Å². The summed E-state index contributed by atoms with van der Waals surface area (Å²) in [6, 6.07) is 4.05. The van der Waals surface area contributed by atoms with Gasteiger partial charge in [-0.15, -0.1) is 0 Å². The molecule has 3 rings (SSSR count). The second-order valence-electron chi connectivity index (χ2n) is 6.24. The van der Waals surface area contributed by atoms with Crippen LogP contribution in [-0.4, -0.2) is 39.4 Å². The molecular formula is C15H21N3O3. The molecule has 2 aliphatic rings. The maximum Gasteiger partial charge on any atom is 0.232 e. The zero-order valence-corrected chi connectivity index (χ0v) is 12.5. The third-order valence-corrected chi connectivity index (χ3v) is 4.81. The summed E-state index contributed by atoms with van der Waals surface area (Å²) in [5.74, 6) is -0.386. The summed E-state index contributed by atoms with van der Waals surface area (Å²) in [6.07, 6.45) is 2.28. The number of nitrogens with zero attached hydrogens (tertiary/aromatic N) is 3. The lowest BCUT2D eigenvalue weighted by Crippen LogP contribution is -2.40. The Labute approximate surface area is 123 Å². The lowest BCUT2D eigenvalue weighted by Gasteiger charge is -2.34. The van der Waals surface area contributed by atoms with Crippen molar-refractivity contribution < 1.29 is 9.72 Å². The summed E-state index contributed by atoms with van der Waals surface area (Å²) >= 11 is 0. The number of amides is 1. The first kappa shape index (κ1) is 14.1. The zero-order chi connectivity index (χ0) is 15.1. The number of piperidine rings is 1. The summed E-state index contributed by atoms with van der Waals surface area (Å²) in [5.41, 5.74) is 2.51. The van der Waals surface area contributed by atoms with Crippen LogP contribution >= 0.6 is 0 Å². The van der Waals surface area contributed by atoms with Gasteiger partial charge < -0.3 is 9.47 Å². The van der Waals surface area contributed by atoms with E-state index in [0.29, 0.717) is 25.6 Å². The molecule has 2 fully saturated rings. The van der Waals surface area contributed by atoms with Crippen LogP contribution in [0.15, 0.2) is 12.1 Å². The quantitative estimate of drug-likeness (QED) is 0.631. The molecule has 0 bridgehead atoms. The zero-order valence-electron chi connectivity index (χ0n) is 12.5. The van der Waals surface area contributed by atoms with E-state index >= 15 is 0 Å². The summed E-state index contributed by atoms with van der Waals surface area (Å²) in [5, 5.41) is 10.7. The monoisotopic (exact) mass is 291 g/mol. The van der Waals surface area contributed by atoms with Crippen LogP contribution in [0.1, 0.15) is 36.7 Å². The molecular weight excluding hydrogens is 270 g/mol. The van der Waals surface area contributed by atoms with Gasteiger partial charge >= 0.3 is 0 Å². The second kappa shape index (κ2) is 5.16. The fraction of sp³-hybridized carbons (Fsp3) is 0.667. The first-order valence-corrected chi connectivity index (χ1v) is 7.55. The number of aryl methyl sites for hydroxylation is 2. The molecule has 114 valence electrons. The molecule has 1 aromatic rings. The number of likely N-dealkylation sites (tertiary alicyclic amines) is 1. The highest BCUT2D eigenvalue weighted by molar-refractivity contribution is 5.82. The molecule has 6 nitrogen and oxygen atoms in total. The number of carbonyl (C=O) groups excluding carboxylic acids is 1. The fourth-order valence-electron chi connectivity index (χ4n) is 3.51. The number of hydrogen-bond donors (Lipinski definition) is 0. The molecule has 1 saturated heterocycles. The Balaban J connectivity index is 1.59. The summed E-state index contributed by atoms with van der Waals surface area (Å²) < 4.78 is 2.35. The van der Waals surface area contributed by atoms with Gasteiger partial charge in [-0.05, 0) is 38.8 Å². The molecule has 0 N–H and O–H groups in total. The molecule has 1 amide bonds. The molecule has 0 unspecified atom stereocenters. The highest BCUT2D eigenvalue weighted by atomic mass is 16.6. The Kier molecular flexibility index (Phi) is 3.47. The van der Waals surface area contributed by atoms with E-state index in [1.54, 1.807) is 0 Å². The molecule has 0 radical (unpaired) electrons. The highest BCUT2D eigenvalue weighted by Crippen LogP contribution is 2.36. The van der Waals surface area contributed by atoms with Crippen LogP contribution in [0.2, 0.25) is 0 Å². The van der Waals surface area contributed by atoms with E-state index in [0.717, 1.165) is 12.8 Å². The molecule has 2 atom stereocenters. The minimum absolute atomic E-state index is 0.0175. The number of aromatic nitrogens is 1. The average Bonchev–Trinajstić information content (AvgIpc) is 3.20. The Morgan fingerprint density at radius 3 is 2.29 bits per heavy atom. The van der Waals surface area contributed by atoms with E-state index in [1.807, 2.05) is 4.90 Å². The molecule has 2 heterocycles. The minimum Gasteiger partial charge on any atom is -0.346 e. The first-order chi connectivity index (χ1) is 9.99. The number of rotatable bonds is 3. The Morgan fingerprint density at radius 1 is 1.24 bits per heavy atom. The molecule has 1 aliphatic heterocycles. The van der Waals surface area contributed by atoms with Crippen molar-refractivity contribution in [2.45, 2.75) is 45.2 Å². The minimum atomic E-state index is -0.635. The molecule has 1 saturated carbocycles. The Bertz CT molecular complexity index is 553. The van der Waals surface area contributed by atoms with Gasteiger partial charge in [0.05, 0.1) is 0 Å². The lowest BCUT2D eigenvalue weighted by molar-refractivity contribution is -0.497. The topological polar surface area (TPSA) is 68.4 Å². The van der Waals surface area contributed by atoms with Gasteiger partial charge in [0.25, 0.3) is 0 Å². The van der Waals surface area contributed by atoms with Crippen LogP contribution in [0.25, 0.3) is 0 Å². The van der Waals surface area contributed by atoms with Gasteiger partial charge in [-0.3, -0.25) is 14.9 Å². The maximum absolute atomic E-state index is 12.2. The van der Waals surface area contributed by atoms with Crippen LogP contribution < -0.4 is 0 Å². The van der Waals surface area contributed by atoms with Crippen molar-refractivity contribution in [3.63, 3.8) is 0 Å². The van der Waals surface area contributed by atoms with E-state index in [4.69, 9.17) is 0 Å². The van der Waals surface area contributed by atoms with Gasteiger partial charge in [0.2, 0.25) is 11.9 Å². The van der Waals surface area contributed by atoms with Gasteiger partial charge in [-0.1, -0.05) is 0 Å². The second-order valence-corrected chi connectivity index (χ2v) is 6.24. The third-order valence-electron chi connectivity index (χ3n) is 4.81. The smallest absolute Gasteiger partial charge is 0.232 e. The van der Waals surface area contributed by atoms with Crippen molar-refractivity contribution >= 4 is 5.91 Å².